The fourth-order valence-corrected chi connectivity index (χ4v) is 6.57. The molecule has 0 aromatic heterocycles. The summed E-state index contributed by atoms with van der Waals surface area (Å²) in [6, 6.07) is 6.73. The molecule has 3 fully saturated rings. The first-order chi connectivity index (χ1) is 16.9. The zero-order valence-corrected chi connectivity index (χ0v) is 21.5. The zero-order chi connectivity index (χ0) is 26.0. The molecule has 0 aliphatic heterocycles. The van der Waals surface area contributed by atoms with Gasteiger partial charge in [-0.2, -0.15) is 13.2 Å². The van der Waals surface area contributed by atoms with Crippen LogP contribution in [-0.2, 0) is 11.0 Å². The summed E-state index contributed by atoms with van der Waals surface area (Å²) < 4.78 is 49.4. The van der Waals surface area contributed by atoms with Crippen molar-refractivity contribution in [2.75, 3.05) is 11.9 Å². The van der Waals surface area contributed by atoms with Gasteiger partial charge in [-0.05, 0) is 90.7 Å². The Morgan fingerprint density at radius 2 is 1.67 bits per heavy atom. The Morgan fingerprint density at radius 3 is 2.22 bits per heavy atom. The van der Waals surface area contributed by atoms with Crippen molar-refractivity contribution in [3.63, 3.8) is 0 Å². The smallest absolute Gasteiger partial charge is 0.420 e. The standard InChI is InChI=1S/C29H36F3NO3/c1-16-5-9-18(10-6-16)36-23-14-12-19-20(26(23)29(30,31)32)11-13-22(25(19)17-7-8-17)33(4)24-15-21(27(34)35)28(24,2)3/h11-14,16-18,21,24H,5-10,15H2,1-4H3,(H,34,35). The predicted molar refractivity (Wildman–Crippen MR) is 135 cm³/mol. The zero-order valence-electron chi connectivity index (χ0n) is 21.5. The molecule has 2 aromatic carbocycles. The monoisotopic (exact) mass is 503 g/mol. The number of alkyl halides is 3. The molecule has 0 radical (unpaired) electrons. The van der Waals surface area contributed by atoms with Crippen LogP contribution in [0.5, 0.6) is 5.75 Å². The highest BCUT2D eigenvalue weighted by Gasteiger charge is 2.54. The average Bonchev–Trinajstić information content (AvgIpc) is 3.63. The third-order valence-corrected chi connectivity index (χ3v) is 9.07. The van der Waals surface area contributed by atoms with Gasteiger partial charge >= 0.3 is 12.1 Å². The summed E-state index contributed by atoms with van der Waals surface area (Å²) in [4.78, 5) is 13.8. The van der Waals surface area contributed by atoms with Crippen LogP contribution in [0.3, 0.4) is 0 Å². The second-order valence-corrected chi connectivity index (χ2v) is 11.9. The summed E-state index contributed by atoms with van der Waals surface area (Å²) in [5.41, 5.74) is 0.760. The number of hydrogen-bond acceptors (Lipinski definition) is 3. The Kier molecular flexibility index (Phi) is 6.19. The molecule has 3 aliphatic rings. The lowest BCUT2D eigenvalue weighted by Gasteiger charge is -2.54. The van der Waals surface area contributed by atoms with Crippen molar-refractivity contribution in [1.29, 1.82) is 0 Å². The second kappa shape index (κ2) is 8.84. The minimum atomic E-state index is -4.53. The van der Waals surface area contributed by atoms with Crippen molar-refractivity contribution in [1.82, 2.24) is 0 Å². The normalized spacial score (nSPS) is 28.0. The summed E-state index contributed by atoms with van der Waals surface area (Å²) >= 11 is 0. The number of rotatable bonds is 6. The molecule has 196 valence electrons. The van der Waals surface area contributed by atoms with Crippen LogP contribution in [0.15, 0.2) is 24.3 Å². The fraction of sp³-hybridized carbons (Fsp3) is 0.621. The number of hydrogen-bond donors (Lipinski definition) is 1. The van der Waals surface area contributed by atoms with E-state index in [2.05, 4.69) is 11.8 Å². The van der Waals surface area contributed by atoms with Crippen molar-refractivity contribution in [3.8, 4) is 5.75 Å². The van der Waals surface area contributed by atoms with Crippen LogP contribution in [-0.4, -0.2) is 30.3 Å². The van der Waals surface area contributed by atoms with Gasteiger partial charge in [-0.15, -0.1) is 0 Å². The highest BCUT2D eigenvalue weighted by molar-refractivity contribution is 5.95. The molecule has 0 amide bonds. The topological polar surface area (TPSA) is 49.8 Å². The first kappa shape index (κ1) is 25.2. The lowest BCUT2D eigenvalue weighted by Crippen LogP contribution is -2.60. The van der Waals surface area contributed by atoms with E-state index in [-0.39, 0.29) is 29.2 Å². The van der Waals surface area contributed by atoms with Crippen molar-refractivity contribution in [3.05, 3.63) is 35.4 Å². The van der Waals surface area contributed by atoms with Crippen molar-refractivity contribution < 1.29 is 27.8 Å². The van der Waals surface area contributed by atoms with Crippen LogP contribution in [0, 0.1) is 17.3 Å². The number of halogens is 3. The molecular weight excluding hydrogens is 467 g/mol. The lowest BCUT2D eigenvalue weighted by molar-refractivity contribution is -0.154. The van der Waals surface area contributed by atoms with E-state index in [0.717, 1.165) is 49.8 Å². The SMILES string of the molecule is CC1CCC(Oc2ccc3c(C4CC4)c(N(C)C4CC(C(=O)O)C4(C)C)ccc3c2C(F)(F)F)CC1. The van der Waals surface area contributed by atoms with Gasteiger partial charge in [0, 0.05) is 18.8 Å². The Hall–Kier alpha value is -2.44. The minimum Gasteiger partial charge on any atom is -0.490 e. The van der Waals surface area contributed by atoms with E-state index in [0.29, 0.717) is 17.7 Å². The number of anilines is 1. The van der Waals surface area contributed by atoms with E-state index < -0.39 is 29.0 Å². The largest absolute Gasteiger partial charge is 0.490 e. The molecule has 0 saturated heterocycles. The molecule has 7 heteroatoms. The molecule has 4 nitrogen and oxygen atoms in total. The van der Waals surface area contributed by atoms with Gasteiger partial charge in [-0.25, -0.2) is 0 Å². The van der Waals surface area contributed by atoms with E-state index in [1.165, 1.54) is 6.07 Å². The molecule has 1 N–H and O–H groups in total. The quantitative estimate of drug-likeness (QED) is 0.440. The molecule has 0 bridgehead atoms. The van der Waals surface area contributed by atoms with E-state index in [1.807, 2.05) is 33.0 Å². The molecule has 2 unspecified atom stereocenters. The predicted octanol–water partition coefficient (Wildman–Crippen LogP) is 7.63. The first-order valence-electron chi connectivity index (χ1n) is 13.2. The van der Waals surface area contributed by atoms with Crippen LogP contribution in [0.25, 0.3) is 10.8 Å². The van der Waals surface area contributed by atoms with E-state index >= 15 is 0 Å². The van der Waals surface area contributed by atoms with Gasteiger partial charge in [0.2, 0.25) is 0 Å². The molecular formula is C29H36F3NO3. The molecule has 2 atom stereocenters. The molecule has 36 heavy (non-hydrogen) atoms. The van der Waals surface area contributed by atoms with Gasteiger partial charge in [0.15, 0.2) is 0 Å². The van der Waals surface area contributed by atoms with Crippen molar-refractivity contribution >= 4 is 22.4 Å². The number of carbonyl (C=O) groups is 1. The lowest BCUT2D eigenvalue weighted by atomic mass is 9.58. The average molecular weight is 504 g/mol. The summed E-state index contributed by atoms with van der Waals surface area (Å²) in [5, 5.41) is 10.4. The highest BCUT2D eigenvalue weighted by Crippen LogP contribution is 2.54. The Balaban J connectivity index is 1.56. The Labute approximate surface area is 210 Å². The Morgan fingerprint density at radius 1 is 1.03 bits per heavy atom. The number of aliphatic carboxylic acids is 1. The van der Waals surface area contributed by atoms with Gasteiger partial charge in [0.25, 0.3) is 0 Å². The van der Waals surface area contributed by atoms with Gasteiger partial charge in [0.1, 0.15) is 11.3 Å². The first-order valence-corrected chi connectivity index (χ1v) is 13.2. The summed E-state index contributed by atoms with van der Waals surface area (Å²) in [6.45, 7) is 6.10. The molecule has 5 rings (SSSR count). The third-order valence-electron chi connectivity index (χ3n) is 9.07. The van der Waals surface area contributed by atoms with Crippen LogP contribution < -0.4 is 9.64 Å². The number of carboxylic acids is 1. The fourth-order valence-electron chi connectivity index (χ4n) is 6.57. The molecule has 0 spiro atoms. The van der Waals surface area contributed by atoms with E-state index in [1.54, 1.807) is 6.07 Å². The van der Waals surface area contributed by atoms with Gasteiger partial charge in [-0.1, -0.05) is 32.9 Å². The second-order valence-electron chi connectivity index (χ2n) is 11.9. The van der Waals surface area contributed by atoms with E-state index in [4.69, 9.17) is 4.74 Å². The third kappa shape index (κ3) is 4.32. The van der Waals surface area contributed by atoms with Crippen LogP contribution >= 0.6 is 0 Å². The number of carboxylic acid groups (broad SMARTS) is 1. The number of nitrogens with zero attached hydrogens (tertiary/aromatic N) is 1. The van der Waals surface area contributed by atoms with Crippen molar-refractivity contribution in [2.45, 2.75) is 90.0 Å². The van der Waals surface area contributed by atoms with Crippen LogP contribution in [0.2, 0.25) is 0 Å². The maximum absolute atomic E-state index is 14.5. The highest BCUT2D eigenvalue weighted by atomic mass is 19.4. The Bertz CT molecular complexity index is 1160. The summed E-state index contributed by atoms with van der Waals surface area (Å²) in [7, 11) is 1.95. The molecule has 3 saturated carbocycles. The van der Waals surface area contributed by atoms with Crippen LogP contribution in [0.1, 0.15) is 82.8 Å². The van der Waals surface area contributed by atoms with E-state index in [9.17, 15) is 23.1 Å². The number of ether oxygens (including phenoxy) is 1. The maximum Gasteiger partial charge on any atom is 0.420 e. The number of fused-ring (bicyclic) bond motifs is 1. The molecule has 0 heterocycles. The van der Waals surface area contributed by atoms with Gasteiger partial charge in [0.05, 0.1) is 12.0 Å². The van der Waals surface area contributed by atoms with Gasteiger partial charge < -0.3 is 14.7 Å². The molecule has 2 aromatic rings. The minimum absolute atomic E-state index is 0.00642. The summed E-state index contributed by atoms with van der Waals surface area (Å²) in [6.07, 6.45) is 1.22. The van der Waals surface area contributed by atoms with Gasteiger partial charge in [-0.3, -0.25) is 4.79 Å². The molecule has 3 aliphatic carbocycles. The number of benzene rings is 2. The van der Waals surface area contributed by atoms with Crippen molar-refractivity contribution in [2.24, 2.45) is 17.3 Å². The summed E-state index contributed by atoms with van der Waals surface area (Å²) in [5.74, 6) is -0.472. The maximum atomic E-state index is 14.5. The van der Waals surface area contributed by atoms with Crippen LogP contribution in [0.4, 0.5) is 18.9 Å².